The van der Waals surface area contributed by atoms with Gasteiger partial charge in [0, 0.05) is 22.4 Å². The summed E-state index contributed by atoms with van der Waals surface area (Å²) in [7, 11) is -0.892. The summed E-state index contributed by atoms with van der Waals surface area (Å²) < 4.78 is 0. The van der Waals surface area contributed by atoms with Crippen molar-refractivity contribution in [3.05, 3.63) is 182 Å². The van der Waals surface area contributed by atoms with Gasteiger partial charge in [-0.15, -0.1) is 0 Å². The summed E-state index contributed by atoms with van der Waals surface area (Å²) in [5, 5.41) is 8.39. The Balaban J connectivity index is 0.000000176. The number of benzene rings is 6. The van der Waals surface area contributed by atoms with Crippen molar-refractivity contribution in [2.75, 3.05) is 0 Å². The summed E-state index contributed by atoms with van der Waals surface area (Å²) in [4.78, 5) is 0. The average molecular weight is 722 g/mol. The van der Waals surface area contributed by atoms with Gasteiger partial charge in [0.1, 0.15) is 0 Å². The molecule has 1 radical (unpaired) electrons. The van der Waals surface area contributed by atoms with Crippen LogP contribution >= 0.6 is 15.8 Å². The zero-order valence-electron chi connectivity index (χ0n) is 21.5. The van der Waals surface area contributed by atoms with Crippen molar-refractivity contribution in [3.8, 4) is 0 Å². The second-order valence-electron chi connectivity index (χ2n) is 8.68. The van der Waals surface area contributed by atoms with Crippen molar-refractivity contribution in [2.24, 2.45) is 0 Å². The Bertz CT molecular complexity index is 1170. The Labute approximate surface area is 250 Å². The fourth-order valence-corrected chi connectivity index (χ4v) is 8.97. The van der Waals surface area contributed by atoms with Gasteiger partial charge in [-0.05, 0) is 47.7 Å². The van der Waals surface area contributed by atoms with E-state index in [9.17, 15) is 0 Å². The number of hydrogen-bond donors (Lipinski definition) is 0. The van der Waals surface area contributed by atoms with Gasteiger partial charge >= 0.3 is 0 Å². The third-order valence-electron chi connectivity index (χ3n) is 6.09. The zero-order valence-corrected chi connectivity index (χ0v) is 25.5. The molecular weight excluding hydrogens is 691 g/mol. The molecular formula is C36H30AuP2. The van der Waals surface area contributed by atoms with Crippen LogP contribution in [0.15, 0.2) is 182 Å². The molecule has 0 amide bonds. The maximum absolute atomic E-state index is 2.23. The molecule has 0 spiro atoms. The molecule has 0 N–H and O–H groups in total. The Morgan fingerprint density at radius 3 is 0.462 bits per heavy atom. The molecule has 0 unspecified atom stereocenters. The molecule has 195 valence electrons. The largest absolute Gasteiger partial charge is 0.0622 e. The van der Waals surface area contributed by atoms with Gasteiger partial charge in [-0.2, -0.15) is 0 Å². The van der Waals surface area contributed by atoms with Gasteiger partial charge in [0.25, 0.3) is 0 Å². The standard InChI is InChI=1S/2C18H15P.Au/c2*1-4-10-16(11-5-1)19(17-12-6-2-7-13-17)18-14-8-3-9-15-18;/h2*1-15H;. The molecule has 0 aliphatic rings. The van der Waals surface area contributed by atoms with E-state index in [1.807, 2.05) is 0 Å². The summed E-state index contributed by atoms with van der Waals surface area (Å²) in [5.41, 5.74) is 0. The molecule has 0 nitrogen and oxygen atoms in total. The molecule has 6 aromatic rings. The summed E-state index contributed by atoms with van der Waals surface area (Å²) >= 11 is 0. The number of hydrogen-bond acceptors (Lipinski definition) is 0. The molecule has 6 aromatic carbocycles. The summed E-state index contributed by atoms with van der Waals surface area (Å²) in [5.74, 6) is 0. The first kappa shape index (κ1) is 28.9. The van der Waals surface area contributed by atoms with Crippen LogP contribution in [0.1, 0.15) is 0 Å². The van der Waals surface area contributed by atoms with E-state index in [0.29, 0.717) is 0 Å². The SMILES string of the molecule is [Au].c1ccc(P(c2ccccc2)c2ccccc2)cc1.c1ccc(P(c2ccccc2)c2ccccc2)cc1. The van der Waals surface area contributed by atoms with E-state index in [2.05, 4.69) is 182 Å². The van der Waals surface area contributed by atoms with Gasteiger partial charge in [0.2, 0.25) is 0 Å². The topological polar surface area (TPSA) is 0 Å². The van der Waals surface area contributed by atoms with E-state index in [-0.39, 0.29) is 22.4 Å². The van der Waals surface area contributed by atoms with Crippen molar-refractivity contribution >= 4 is 47.7 Å². The molecule has 0 saturated heterocycles. The van der Waals surface area contributed by atoms with Crippen LogP contribution in [0.5, 0.6) is 0 Å². The number of rotatable bonds is 6. The van der Waals surface area contributed by atoms with E-state index in [1.54, 1.807) is 0 Å². The molecule has 6 rings (SSSR count). The first-order valence-corrected chi connectivity index (χ1v) is 15.5. The van der Waals surface area contributed by atoms with E-state index < -0.39 is 15.8 Å². The van der Waals surface area contributed by atoms with E-state index in [4.69, 9.17) is 0 Å². The smallest absolute Gasteiger partial charge is 0 e. The van der Waals surface area contributed by atoms with Crippen LogP contribution in [0, 0.1) is 0 Å². The van der Waals surface area contributed by atoms with Gasteiger partial charge in [-0.3, -0.25) is 0 Å². The normalized spacial score (nSPS) is 10.3. The average Bonchev–Trinajstić information content (AvgIpc) is 3.01. The first-order chi connectivity index (χ1) is 18.9. The molecule has 0 heterocycles. The third kappa shape index (κ3) is 7.97. The molecule has 0 aliphatic heterocycles. The van der Waals surface area contributed by atoms with Gasteiger partial charge in [-0.1, -0.05) is 182 Å². The van der Waals surface area contributed by atoms with Gasteiger partial charge in [0.05, 0.1) is 0 Å². The second kappa shape index (κ2) is 15.5. The fourth-order valence-electron chi connectivity index (χ4n) is 4.36. The predicted octanol–water partition coefficient (Wildman–Crippen LogP) is 6.89. The minimum Gasteiger partial charge on any atom is -0.0622 e. The van der Waals surface area contributed by atoms with Gasteiger partial charge in [-0.25, -0.2) is 0 Å². The minimum absolute atomic E-state index is 0. The van der Waals surface area contributed by atoms with Crippen molar-refractivity contribution in [2.45, 2.75) is 0 Å². The Hall–Kier alpha value is -3.08. The fraction of sp³-hybridized carbons (Fsp3) is 0. The third-order valence-corrected chi connectivity index (χ3v) is 11.0. The van der Waals surface area contributed by atoms with Crippen molar-refractivity contribution in [3.63, 3.8) is 0 Å². The predicted molar refractivity (Wildman–Crippen MR) is 170 cm³/mol. The molecule has 0 fully saturated rings. The minimum atomic E-state index is -0.446. The summed E-state index contributed by atoms with van der Waals surface area (Å²) in [6.07, 6.45) is 0. The van der Waals surface area contributed by atoms with Crippen LogP contribution in [0.2, 0.25) is 0 Å². The second-order valence-corrected chi connectivity index (χ2v) is 13.1. The molecule has 0 atom stereocenters. The van der Waals surface area contributed by atoms with Crippen LogP contribution in [-0.4, -0.2) is 0 Å². The summed E-state index contributed by atoms with van der Waals surface area (Å²) in [6.45, 7) is 0. The van der Waals surface area contributed by atoms with Crippen LogP contribution < -0.4 is 31.8 Å². The van der Waals surface area contributed by atoms with Crippen LogP contribution in [-0.2, 0) is 22.4 Å². The molecule has 0 aromatic heterocycles. The molecule has 0 aliphatic carbocycles. The molecule has 0 bridgehead atoms. The van der Waals surface area contributed by atoms with Crippen LogP contribution in [0.3, 0.4) is 0 Å². The van der Waals surface area contributed by atoms with Gasteiger partial charge < -0.3 is 0 Å². The van der Waals surface area contributed by atoms with Gasteiger partial charge in [0.15, 0.2) is 0 Å². The quantitative estimate of drug-likeness (QED) is 0.130. The van der Waals surface area contributed by atoms with Crippen molar-refractivity contribution < 1.29 is 22.4 Å². The molecule has 0 saturated carbocycles. The zero-order chi connectivity index (χ0) is 25.8. The van der Waals surface area contributed by atoms with Crippen molar-refractivity contribution in [1.82, 2.24) is 0 Å². The maximum atomic E-state index is 2.23. The monoisotopic (exact) mass is 721 g/mol. The van der Waals surface area contributed by atoms with E-state index in [1.165, 1.54) is 31.8 Å². The Morgan fingerprint density at radius 2 is 0.333 bits per heavy atom. The Morgan fingerprint density at radius 1 is 0.205 bits per heavy atom. The molecule has 39 heavy (non-hydrogen) atoms. The maximum Gasteiger partial charge on any atom is 0 e. The van der Waals surface area contributed by atoms with E-state index >= 15 is 0 Å². The molecule has 3 heteroatoms. The van der Waals surface area contributed by atoms with Crippen LogP contribution in [0.4, 0.5) is 0 Å². The van der Waals surface area contributed by atoms with Crippen molar-refractivity contribution in [1.29, 1.82) is 0 Å². The Kier molecular flexibility index (Phi) is 11.5. The van der Waals surface area contributed by atoms with Crippen LogP contribution in [0.25, 0.3) is 0 Å². The first-order valence-electron chi connectivity index (χ1n) is 12.8. The summed E-state index contributed by atoms with van der Waals surface area (Å²) in [6, 6.07) is 64.7. The van der Waals surface area contributed by atoms with E-state index in [0.717, 1.165) is 0 Å².